The fourth-order valence-electron chi connectivity index (χ4n) is 1.72. The average molecular weight is 234 g/mol. The van der Waals surface area contributed by atoms with Gasteiger partial charge in [-0.2, -0.15) is 0 Å². The maximum absolute atomic E-state index is 4.43. The Hall–Kier alpha value is -0.930. The second-order valence-corrected chi connectivity index (χ2v) is 4.98. The summed E-state index contributed by atoms with van der Waals surface area (Å²) < 4.78 is 1.29. The van der Waals surface area contributed by atoms with E-state index in [9.17, 15) is 0 Å². The minimum absolute atomic E-state index is 0.935. The van der Waals surface area contributed by atoms with Crippen molar-refractivity contribution in [1.29, 1.82) is 0 Å². The minimum atomic E-state index is 0.935. The van der Waals surface area contributed by atoms with Crippen LogP contribution in [0.3, 0.4) is 0 Å². The standard InChI is InChI=1S/C13H18N2S/c1-2-3-4-6-14-9-11-8-13-12(15-10-11)5-7-16-13/h5,7-8,10,14H,2-4,6,9H2,1H3. The zero-order chi connectivity index (χ0) is 11.2. The smallest absolute Gasteiger partial charge is 0.0809 e. The van der Waals surface area contributed by atoms with Gasteiger partial charge >= 0.3 is 0 Å². The van der Waals surface area contributed by atoms with Crippen molar-refractivity contribution < 1.29 is 0 Å². The first-order chi connectivity index (χ1) is 7.90. The number of hydrogen-bond donors (Lipinski definition) is 1. The van der Waals surface area contributed by atoms with E-state index in [0.29, 0.717) is 0 Å². The van der Waals surface area contributed by atoms with E-state index in [2.05, 4.69) is 34.7 Å². The Bertz CT molecular complexity index is 436. The number of unbranched alkanes of at least 4 members (excludes halogenated alkanes) is 2. The molecule has 0 aliphatic heterocycles. The fraction of sp³-hybridized carbons (Fsp3) is 0.462. The van der Waals surface area contributed by atoms with E-state index in [0.717, 1.165) is 18.6 Å². The Morgan fingerprint density at radius 2 is 2.31 bits per heavy atom. The number of fused-ring (bicyclic) bond motifs is 1. The third-order valence-corrected chi connectivity index (χ3v) is 3.50. The zero-order valence-corrected chi connectivity index (χ0v) is 10.5. The van der Waals surface area contributed by atoms with Crippen molar-refractivity contribution in [3.8, 4) is 0 Å². The number of nitrogens with zero attached hydrogens (tertiary/aromatic N) is 1. The van der Waals surface area contributed by atoms with Crippen LogP contribution in [0.15, 0.2) is 23.7 Å². The number of rotatable bonds is 6. The molecule has 2 aromatic heterocycles. The van der Waals surface area contributed by atoms with Gasteiger partial charge in [0.1, 0.15) is 0 Å². The van der Waals surface area contributed by atoms with E-state index in [1.807, 2.05) is 6.20 Å². The predicted octanol–water partition coefficient (Wildman–Crippen LogP) is 3.58. The average Bonchev–Trinajstić information content (AvgIpc) is 2.76. The summed E-state index contributed by atoms with van der Waals surface area (Å²) in [5.74, 6) is 0. The molecule has 0 radical (unpaired) electrons. The van der Waals surface area contributed by atoms with Crippen LogP contribution in [-0.4, -0.2) is 11.5 Å². The highest BCUT2D eigenvalue weighted by Gasteiger charge is 1.98. The van der Waals surface area contributed by atoms with Gasteiger partial charge in [0.2, 0.25) is 0 Å². The highest BCUT2D eigenvalue weighted by molar-refractivity contribution is 7.17. The molecule has 1 N–H and O–H groups in total. The van der Waals surface area contributed by atoms with Gasteiger partial charge in [-0.05, 0) is 36.0 Å². The summed E-state index contributed by atoms with van der Waals surface area (Å²) in [4.78, 5) is 4.43. The first-order valence-electron chi connectivity index (χ1n) is 5.93. The van der Waals surface area contributed by atoms with Crippen LogP contribution < -0.4 is 5.32 Å². The molecule has 3 heteroatoms. The molecule has 2 heterocycles. The van der Waals surface area contributed by atoms with Crippen molar-refractivity contribution in [2.75, 3.05) is 6.54 Å². The van der Waals surface area contributed by atoms with Crippen molar-refractivity contribution in [2.45, 2.75) is 32.7 Å². The maximum atomic E-state index is 4.43. The molecule has 2 aromatic rings. The van der Waals surface area contributed by atoms with E-state index in [1.54, 1.807) is 11.3 Å². The summed E-state index contributed by atoms with van der Waals surface area (Å²) in [6.45, 7) is 4.27. The third kappa shape index (κ3) is 3.03. The summed E-state index contributed by atoms with van der Waals surface area (Å²) in [5, 5.41) is 5.55. The van der Waals surface area contributed by atoms with Crippen molar-refractivity contribution in [3.05, 3.63) is 29.3 Å². The molecule has 0 aliphatic rings. The second-order valence-electron chi connectivity index (χ2n) is 4.03. The summed E-state index contributed by atoms with van der Waals surface area (Å²) in [6.07, 6.45) is 5.84. The lowest BCUT2D eigenvalue weighted by molar-refractivity contribution is 0.616. The molecular weight excluding hydrogens is 216 g/mol. The maximum Gasteiger partial charge on any atom is 0.0809 e. The molecule has 2 nitrogen and oxygen atoms in total. The van der Waals surface area contributed by atoms with Crippen LogP contribution in [-0.2, 0) is 6.54 Å². The van der Waals surface area contributed by atoms with E-state index in [1.165, 1.54) is 29.5 Å². The normalized spacial score (nSPS) is 11.1. The minimum Gasteiger partial charge on any atom is -0.313 e. The number of nitrogens with one attached hydrogen (secondary N) is 1. The number of hydrogen-bond acceptors (Lipinski definition) is 3. The molecule has 0 bridgehead atoms. The van der Waals surface area contributed by atoms with Crippen LogP contribution in [0.25, 0.3) is 10.2 Å². The number of pyridine rings is 1. The van der Waals surface area contributed by atoms with E-state index >= 15 is 0 Å². The highest BCUT2D eigenvalue weighted by Crippen LogP contribution is 2.19. The molecule has 0 spiro atoms. The van der Waals surface area contributed by atoms with Gasteiger partial charge in [0.15, 0.2) is 0 Å². The highest BCUT2D eigenvalue weighted by atomic mass is 32.1. The molecular formula is C13H18N2S. The Morgan fingerprint density at radius 3 is 3.19 bits per heavy atom. The lowest BCUT2D eigenvalue weighted by atomic mass is 10.2. The Balaban J connectivity index is 1.84. The monoisotopic (exact) mass is 234 g/mol. The van der Waals surface area contributed by atoms with Crippen LogP contribution in [0, 0.1) is 0 Å². The van der Waals surface area contributed by atoms with E-state index in [-0.39, 0.29) is 0 Å². The molecule has 0 saturated carbocycles. The van der Waals surface area contributed by atoms with Gasteiger partial charge in [-0.3, -0.25) is 4.98 Å². The van der Waals surface area contributed by atoms with Gasteiger partial charge < -0.3 is 5.32 Å². The molecule has 0 fully saturated rings. The fourth-order valence-corrected chi connectivity index (χ4v) is 2.52. The van der Waals surface area contributed by atoms with Crippen LogP contribution >= 0.6 is 11.3 Å². The van der Waals surface area contributed by atoms with Crippen molar-refractivity contribution >= 4 is 21.6 Å². The molecule has 0 aromatic carbocycles. The van der Waals surface area contributed by atoms with Crippen LogP contribution in [0.1, 0.15) is 31.7 Å². The quantitative estimate of drug-likeness (QED) is 0.773. The second kappa shape index (κ2) is 5.97. The molecule has 86 valence electrons. The van der Waals surface area contributed by atoms with Gasteiger partial charge in [-0.25, -0.2) is 0 Å². The third-order valence-electron chi connectivity index (χ3n) is 2.65. The first kappa shape index (κ1) is 11.6. The SMILES string of the molecule is CCCCCNCc1cnc2ccsc2c1. The van der Waals surface area contributed by atoms with Crippen LogP contribution in [0.5, 0.6) is 0 Å². The summed E-state index contributed by atoms with van der Waals surface area (Å²) in [6, 6.07) is 4.30. The van der Waals surface area contributed by atoms with Crippen LogP contribution in [0.2, 0.25) is 0 Å². The topological polar surface area (TPSA) is 24.9 Å². The van der Waals surface area contributed by atoms with Crippen molar-refractivity contribution in [2.24, 2.45) is 0 Å². The predicted molar refractivity (Wildman–Crippen MR) is 70.9 cm³/mol. The van der Waals surface area contributed by atoms with Gasteiger partial charge in [-0.1, -0.05) is 19.8 Å². The molecule has 0 unspecified atom stereocenters. The molecule has 16 heavy (non-hydrogen) atoms. The van der Waals surface area contributed by atoms with Gasteiger partial charge in [0, 0.05) is 12.7 Å². The van der Waals surface area contributed by atoms with Gasteiger partial charge in [0.25, 0.3) is 0 Å². The molecule has 0 aliphatic carbocycles. The summed E-state index contributed by atoms with van der Waals surface area (Å²) >= 11 is 1.76. The lowest BCUT2D eigenvalue weighted by Crippen LogP contribution is -2.14. The molecule has 0 atom stereocenters. The Labute approximate surface area is 101 Å². The van der Waals surface area contributed by atoms with Gasteiger partial charge in [-0.15, -0.1) is 11.3 Å². The summed E-state index contributed by atoms with van der Waals surface area (Å²) in [7, 11) is 0. The van der Waals surface area contributed by atoms with Crippen molar-refractivity contribution in [1.82, 2.24) is 10.3 Å². The number of thiophene rings is 1. The number of aromatic nitrogens is 1. The molecule has 0 amide bonds. The van der Waals surface area contributed by atoms with Gasteiger partial charge in [0.05, 0.1) is 10.2 Å². The molecule has 0 saturated heterocycles. The Morgan fingerprint density at radius 1 is 1.38 bits per heavy atom. The summed E-state index contributed by atoms with van der Waals surface area (Å²) in [5.41, 5.74) is 2.39. The van der Waals surface area contributed by atoms with E-state index < -0.39 is 0 Å². The van der Waals surface area contributed by atoms with Crippen LogP contribution in [0.4, 0.5) is 0 Å². The van der Waals surface area contributed by atoms with Crippen molar-refractivity contribution in [3.63, 3.8) is 0 Å². The zero-order valence-electron chi connectivity index (χ0n) is 9.70. The Kier molecular flexibility index (Phi) is 4.31. The molecule has 2 rings (SSSR count). The largest absolute Gasteiger partial charge is 0.313 e. The lowest BCUT2D eigenvalue weighted by Gasteiger charge is -2.04. The van der Waals surface area contributed by atoms with E-state index in [4.69, 9.17) is 0 Å². The first-order valence-corrected chi connectivity index (χ1v) is 6.81.